The van der Waals surface area contributed by atoms with Crippen molar-refractivity contribution in [1.82, 2.24) is 10.3 Å². The number of halogens is 1. The van der Waals surface area contributed by atoms with Gasteiger partial charge in [0.25, 0.3) is 11.8 Å². The van der Waals surface area contributed by atoms with Crippen LogP contribution in [0.4, 0.5) is 10.1 Å². The van der Waals surface area contributed by atoms with Crippen LogP contribution >= 0.6 is 0 Å². The first kappa shape index (κ1) is 17.6. The summed E-state index contributed by atoms with van der Waals surface area (Å²) in [6.07, 6.45) is 4.43. The number of rotatable bonds is 7. The van der Waals surface area contributed by atoms with Gasteiger partial charge in [-0.25, -0.2) is 4.39 Å². The van der Waals surface area contributed by atoms with E-state index in [1.165, 1.54) is 36.5 Å². The average molecular weight is 329 g/mol. The molecule has 24 heavy (non-hydrogen) atoms. The number of nitrogens with one attached hydrogen (secondary N) is 2. The summed E-state index contributed by atoms with van der Waals surface area (Å²) in [5.41, 5.74) is 0.814. The first-order valence-corrected chi connectivity index (χ1v) is 7.91. The lowest BCUT2D eigenvalue weighted by molar-refractivity contribution is 0.0948. The third-order valence-corrected chi connectivity index (χ3v) is 3.40. The molecule has 0 spiro atoms. The van der Waals surface area contributed by atoms with Crippen LogP contribution in [-0.4, -0.2) is 23.3 Å². The summed E-state index contributed by atoms with van der Waals surface area (Å²) in [6.45, 7) is 2.66. The fourth-order valence-corrected chi connectivity index (χ4v) is 2.13. The molecule has 2 rings (SSSR count). The molecule has 0 aliphatic carbocycles. The minimum absolute atomic E-state index is 0.179. The molecular formula is C18H20FN3O2. The summed E-state index contributed by atoms with van der Waals surface area (Å²) in [7, 11) is 0. The summed E-state index contributed by atoms with van der Waals surface area (Å²) in [5, 5.41) is 5.36. The van der Waals surface area contributed by atoms with Crippen molar-refractivity contribution in [3.63, 3.8) is 0 Å². The zero-order chi connectivity index (χ0) is 17.4. The molecule has 0 saturated heterocycles. The van der Waals surface area contributed by atoms with Gasteiger partial charge in [0.05, 0.1) is 0 Å². The Hall–Kier alpha value is -2.76. The molecule has 5 nitrogen and oxygen atoms in total. The van der Waals surface area contributed by atoms with E-state index in [1.54, 1.807) is 6.07 Å². The van der Waals surface area contributed by atoms with Gasteiger partial charge in [-0.05, 0) is 36.8 Å². The molecule has 2 amide bonds. The van der Waals surface area contributed by atoms with Gasteiger partial charge in [0.1, 0.15) is 11.5 Å². The third kappa shape index (κ3) is 5.15. The highest BCUT2D eigenvalue weighted by molar-refractivity contribution is 6.05. The number of nitrogens with zero attached hydrogens (tertiary/aromatic N) is 1. The summed E-state index contributed by atoms with van der Waals surface area (Å²) in [6, 6.07) is 8.53. The van der Waals surface area contributed by atoms with E-state index in [-0.39, 0.29) is 17.2 Å². The van der Waals surface area contributed by atoms with Crippen LogP contribution in [0, 0.1) is 5.82 Å². The van der Waals surface area contributed by atoms with E-state index in [0.29, 0.717) is 12.2 Å². The summed E-state index contributed by atoms with van der Waals surface area (Å²) in [4.78, 5) is 28.2. The maximum atomic E-state index is 13.1. The number of carbonyl (C=O) groups excluding carboxylic acids is 2. The SMILES string of the molecule is CCCCCNC(=O)c1cc(C(=O)Nc2cccc(F)c2)ccn1. The van der Waals surface area contributed by atoms with E-state index in [1.807, 2.05) is 0 Å². The largest absolute Gasteiger partial charge is 0.351 e. The minimum Gasteiger partial charge on any atom is -0.351 e. The van der Waals surface area contributed by atoms with Crippen LogP contribution in [0.5, 0.6) is 0 Å². The number of amides is 2. The molecule has 1 heterocycles. The van der Waals surface area contributed by atoms with Gasteiger partial charge in [-0.3, -0.25) is 14.6 Å². The van der Waals surface area contributed by atoms with Gasteiger partial charge in [-0.1, -0.05) is 25.8 Å². The second kappa shape index (κ2) is 8.76. The van der Waals surface area contributed by atoms with Crippen LogP contribution in [-0.2, 0) is 0 Å². The maximum absolute atomic E-state index is 13.1. The van der Waals surface area contributed by atoms with Crippen LogP contribution in [0.1, 0.15) is 47.0 Å². The number of unbranched alkanes of at least 4 members (excludes halogenated alkanes) is 2. The fourth-order valence-electron chi connectivity index (χ4n) is 2.13. The molecule has 0 saturated carbocycles. The molecule has 6 heteroatoms. The normalized spacial score (nSPS) is 10.2. The van der Waals surface area contributed by atoms with Crippen LogP contribution < -0.4 is 10.6 Å². The van der Waals surface area contributed by atoms with Gasteiger partial charge >= 0.3 is 0 Å². The Balaban J connectivity index is 2.01. The molecule has 0 aliphatic heterocycles. The van der Waals surface area contributed by atoms with Crippen molar-refractivity contribution in [2.24, 2.45) is 0 Å². The molecule has 2 N–H and O–H groups in total. The number of anilines is 1. The molecule has 2 aromatic rings. The average Bonchev–Trinajstić information content (AvgIpc) is 2.58. The number of benzene rings is 1. The molecular weight excluding hydrogens is 309 g/mol. The standard InChI is InChI=1S/C18H20FN3O2/c1-2-3-4-9-21-18(24)16-11-13(8-10-20-16)17(23)22-15-7-5-6-14(19)12-15/h5-8,10-12H,2-4,9H2,1H3,(H,21,24)(H,22,23). The summed E-state index contributed by atoms with van der Waals surface area (Å²) >= 11 is 0. The molecule has 0 atom stereocenters. The van der Waals surface area contributed by atoms with E-state index in [9.17, 15) is 14.0 Å². The first-order chi connectivity index (χ1) is 11.6. The highest BCUT2D eigenvalue weighted by atomic mass is 19.1. The van der Waals surface area contributed by atoms with Crippen LogP contribution in [0.15, 0.2) is 42.6 Å². The predicted molar refractivity (Wildman–Crippen MR) is 90.4 cm³/mol. The molecule has 0 bridgehead atoms. The lowest BCUT2D eigenvalue weighted by atomic mass is 10.2. The van der Waals surface area contributed by atoms with Crippen LogP contribution in [0.2, 0.25) is 0 Å². The highest BCUT2D eigenvalue weighted by Gasteiger charge is 2.12. The van der Waals surface area contributed by atoms with Gasteiger partial charge in [0.15, 0.2) is 0 Å². The Morgan fingerprint density at radius 2 is 1.96 bits per heavy atom. The van der Waals surface area contributed by atoms with Gasteiger partial charge in [0, 0.05) is 24.0 Å². The molecule has 0 unspecified atom stereocenters. The Morgan fingerprint density at radius 3 is 2.71 bits per heavy atom. The van der Waals surface area contributed by atoms with Gasteiger partial charge < -0.3 is 10.6 Å². The quantitative estimate of drug-likeness (QED) is 0.765. The highest BCUT2D eigenvalue weighted by Crippen LogP contribution is 2.11. The number of hydrogen-bond donors (Lipinski definition) is 2. The van der Waals surface area contributed by atoms with Crippen molar-refractivity contribution < 1.29 is 14.0 Å². The Kier molecular flexibility index (Phi) is 6.42. The molecule has 1 aromatic carbocycles. The lowest BCUT2D eigenvalue weighted by Gasteiger charge is -2.07. The van der Waals surface area contributed by atoms with E-state index in [2.05, 4.69) is 22.5 Å². The van der Waals surface area contributed by atoms with Crippen molar-refractivity contribution in [2.75, 3.05) is 11.9 Å². The molecule has 0 radical (unpaired) electrons. The van der Waals surface area contributed by atoms with E-state index >= 15 is 0 Å². The van der Waals surface area contributed by atoms with Crippen molar-refractivity contribution in [2.45, 2.75) is 26.2 Å². The minimum atomic E-state index is -0.435. The van der Waals surface area contributed by atoms with Gasteiger partial charge in [-0.15, -0.1) is 0 Å². The predicted octanol–water partition coefficient (Wildman–Crippen LogP) is 3.39. The topological polar surface area (TPSA) is 71.1 Å². The summed E-state index contributed by atoms with van der Waals surface area (Å²) < 4.78 is 13.1. The van der Waals surface area contributed by atoms with Gasteiger partial charge in [-0.2, -0.15) is 0 Å². The molecule has 0 aliphatic rings. The molecule has 1 aromatic heterocycles. The van der Waals surface area contributed by atoms with Crippen molar-refractivity contribution >= 4 is 17.5 Å². The molecule has 0 fully saturated rings. The number of hydrogen-bond acceptors (Lipinski definition) is 3. The Bertz CT molecular complexity index is 719. The van der Waals surface area contributed by atoms with E-state index < -0.39 is 11.7 Å². The third-order valence-electron chi connectivity index (χ3n) is 3.40. The van der Waals surface area contributed by atoms with E-state index in [4.69, 9.17) is 0 Å². The monoisotopic (exact) mass is 329 g/mol. The molecule has 126 valence electrons. The first-order valence-electron chi connectivity index (χ1n) is 7.91. The lowest BCUT2D eigenvalue weighted by Crippen LogP contribution is -2.25. The number of pyridine rings is 1. The van der Waals surface area contributed by atoms with Crippen LogP contribution in [0.25, 0.3) is 0 Å². The fraction of sp³-hybridized carbons (Fsp3) is 0.278. The zero-order valence-corrected chi connectivity index (χ0v) is 13.5. The van der Waals surface area contributed by atoms with Crippen molar-refractivity contribution in [3.8, 4) is 0 Å². The van der Waals surface area contributed by atoms with E-state index in [0.717, 1.165) is 19.3 Å². The Morgan fingerprint density at radius 1 is 1.12 bits per heavy atom. The van der Waals surface area contributed by atoms with Crippen LogP contribution in [0.3, 0.4) is 0 Å². The smallest absolute Gasteiger partial charge is 0.269 e. The number of carbonyl (C=O) groups is 2. The Labute approximate surface area is 140 Å². The van der Waals surface area contributed by atoms with Crippen molar-refractivity contribution in [1.29, 1.82) is 0 Å². The second-order valence-electron chi connectivity index (χ2n) is 5.36. The second-order valence-corrected chi connectivity index (χ2v) is 5.36. The zero-order valence-electron chi connectivity index (χ0n) is 13.5. The van der Waals surface area contributed by atoms with Crippen molar-refractivity contribution in [3.05, 3.63) is 59.7 Å². The van der Waals surface area contributed by atoms with Gasteiger partial charge in [0.2, 0.25) is 0 Å². The number of aromatic nitrogens is 1. The summed E-state index contributed by atoms with van der Waals surface area (Å²) in [5.74, 6) is -1.18. The maximum Gasteiger partial charge on any atom is 0.269 e.